The summed E-state index contributed by atoms with van der Waals surface area (Å²) in [4.78, 5) is 12.7. The van der Waals surface area contributed by atoms with Gasteiger partial charge in [-0.25, -0.2) is 0 Å². The number of ether oxygens (including phenoxy) is 1. The maximum atomic E-state index is 12.7. The molecule has 0 aliphatic rings. The van der Waals surface area contributed by atoms with Crippen LogP contribution in [0.4, 0.5) is 0 Å². The first kappa shape index (κ1) is 19.8. The van der Waals surface area contributed by atoms with E-state index in [4.69, 9.17) is 9.15 Å². The summed E-state index contributed by atoms with van der Waals surface area (Å²) in [6.07, 6.45) is 0. The van der Waals surface area contributed by atoms with Crippen LogP contribution in [-0.2, 0) is 0 Å². The summed E-state index contributed by atoms with van der Waals surface area (Å²) in [5.74, 6) is 0.783. The molecule has 1 aromatic heterocycles. The molecule has 26 heavy (non-hydrogen) atoms. The van der Waals surface area contributed by atoms with Gasteiger partial charge in [0.2, 0.25) is 5.76 Å². The molecule has 0 radical (unpaired) electrons. The average molecular weight is 375 g/mol. The molecule has 0 aliphatic heterocycles. The maximum absolute atomic E-state index is 12.7. The average Bonchev–Trinajstić information content (AvgIpc) is 3.05. The van der Waals surface area contributed by atoms with Crippen LogP contribution in [0.1, 0.15) is 17.5 Å². The van der Waals surface area contributed by atoms with Gasteiger partial charge in [-0.1, -0.05) is 30.3 Å². The topological polar surface area (TPSA) is 63.5 Å². The number of furan rings is 1. The highest BCUT2D eigenvalue weighted by Gasteiger charge is 2.22. The number of benzene rings is 2. The van der Waals surface area contributed by atoms with Gasteiger partial charge in [0.25, 0.3) is 5.91 Å². The number of hydrogen-bond donors (Lipinski definition) is 2. The molecular formula is C20H23ClN2O3. The molecule has 0 saturated carbocycles. The van der Waals surface area contributed by atoms with Gasteiger partial charge in [0.15, 0.2) is 0 Å². The summed E-state index contributed by atoms with van der Waals surface area (Å²) in [5.41, 5.74) is 2.37. The van der Waals surface area contributed by atoms with Crippen LogP contribution in [0.25, 0.3) is 22.1 Å². The SMILES string of the molecule is CNC(C)CNC(=O)c1oc2cc(OC)ccc2c1-c1ccccc1.Cl. The smallest absolute Gasteiger partial charge is 0.287 e. The Balaban J connectivity index is 0.00000243. The quantitative estimate of drug-likeness (QED) is 0.687. The number of hydrogen-bond acceptors (Lipinski definition) is 4. The minimum Gasteiger partial charge on any atom is -0.497 e. The lowest BCUT2D eigenvalue weighted by Gasteiger charge is -2.11. The number of halogens is 1. The molecule has 2 aromatic carbocycles. The minimum atomic E-state index is -0.226. The molecule has 5 nitrogen and oxygen atoms in total. The van der Waals surface area contributed by atoms with E-state index in [1.54, 1.807) is 13.2 Å². The number of fused-ring (bicyclic) bond motifs is 1. The fraction of sp³-hybridized carbons (Fsp3) is 0.250. The molecule has 3 aromatic rings. The van der Waals surface area contributed by atoms with Gasteiger partial charge in [0.05, 0.1) is 7.11 Å². The van der Waals surface area contributed by atoms with Crippen LogP contribution in [0.2, 0.25) is 0 Å². The first-order valence-electron chi connectivity index (χ1n) is 8.25. The molecule has 1 amide bonds. The van der Waals surface area contributed by atoms with Gasteiger partial charge < -0.3 is 19.8 Å². The van der Waals surface area contributed by atoms with E-state index in [1.165, 1.54) is 0 Å². The van der Waals surface area contributed by atoms with Crippen molar-refractivity contribution >= 4 is 29.3 Å². The van der Waals surface area contributed by atoms with Gasteiger partial charge in [-0.2, -0.15) is 0 Å². The van der Waals surface area contributed by atoms with Gasteiger partial charge >= 0.3 is 0 Å². The molecule has 138 valence electrons. The highest BCUT2D eigenvalue weighted by molar-refractivity contribution is 6.08. The Morgan fingerprint density at radius 2 is 1.92 bits per heavy atom. The van der Waals surface area contributed by atoms with E-state index in [2.05, 4.69) is 10.6 Å². The molecule has 6 heteroatoms. The summed E-state index contributed by atoms with van der Waals surface area (Å²) < 4.78 is 11.2. The molecule has 3 rings (SSSR count). The number of rotatable bonds is 6. The van der Waals surface area contributed by atoms with Crippen LogP contribution in [0.15, 0.2) is 52.9 Å². The number of nitrogens with one attached hydrogen (secondary N) is 2. The van der Waals surface area contributed by atoms with E-state index >= 15 is 0 Å². The first-order chi connectivity index (χ1) is 12.1. The van der Waals surface area contributed by atoms with Crippen LogP contribution in [0.3, 0.4) is 0 Å². The molecule has 2 N–H and O–H groups in total. The van der Waals surface area contributed by atoms with Crippen molar-refractivity contribution in [1.82, 2.24) is 10.6 Å². The van der Waals surface area contributed by atoms with Crippen molar-refractivity contribution in [2.75, 3.05) is 20.7 Å². The first-order valence-corrected chi connectivity index (χ1v) is 8.25. The number of methoxy groups -OCH3 is 1. The Morgan fingerprint density at radius 3 is 2.58 bits per heavy atom. The van der Waals surface area contributed by atoms with Crippen molar-refractivity contribution in [2.45, 2.75) is 13.0 Å². The van der Waals surface area contributed by atoms with E-state index < -0.39 is 0 Å². The summed E-state index contributed by atoms with van der Waals surface area (Å²) in [6.45, 7) is 2.52. The van der Waals surface area contributed by atoms with E-state index in [0.29, 0.717) is 23.6 Å². The van der Waals surface area contributed by atoms with Crippen LogP contribution in [0.5, 0.6) is 5.75 Å². The highest BCUT2D eigenvalue weighted by Crippen LogP contribution is 2.36. The van der Waals surface area contributed by atoms with E-state index in [0.717, 1.165) is 16.5 Å². The largest absolute Gasteiger partial charge is 0.497 e. The lowest BCUT2D eigenvalue weighted by Crippen LogP contribution is -2.37. The standard InChI is InChI=1S/C20H22N2O3.ClH/c1-13(21-2)12-22-20(23)19-18(14-7-5-4-6-8-14)16-10-9-15(24-3)11-17(16)25-19;/h4-11,13,21H,12H2,1-3H3,(H,22,23);1H. The zero-order chi connectivity index (χ0) is 17.8. The zero-order valence-electron chi connectivity index (χ0n) is 15.0. The van der Waals surface area contributed by atoms with Gasteiger partial charge in [0, 0.05) is 29.6 Å². The van der Waals surface area contributed by atoms with Gasteiger partial charge in [-0.3, -0.25) is 4.79 Å². The summed E-state index contributed by atoms with van der Waals surface area (Å²) >= 11 is 0. The third-order valence-electron chi connectivity index (χ3n) is 4.23. The molecule has 0 spiro atoms. The Kier molecular flexibility index (Phi) is 6.66. The van der Waals surface area contributed by atoms with Gasteiger partial charge in [-0.15, -0.1) is 12.4 Å². The van der Waals surface area contributed by atoms with Crippen molar-refractivity contribution in [3.63, 3.8) is 0 Å². The van der Waals surface area contributed by atoms with Crippen molar-refractivity contribution < 1.29 is 13.9 Å². The monoisotopic (exact) mass is 374 g/mol. The maximum Gasteiger partial charge on any atom is 0.287 e. The van der Waals surface area contributed by atoms with Crippen LogP contribution >= 0.6 is 12.4 Å². The fourth-order valence-electron chi connectivity index (χ4n) is 2.68. The second kappa shape index (κ2) is 8.74. The summed E-state index contributed by atoms with van der Waals surface area (Å²) in [7, 11) is 3.47. The lowest BCUT2D eigenvalue weighted by molar-refractivity contribution is 0.0926. The van der Waals surface area contributed by atoms with Crippen molar-refractivity contribution in [3.8, 4) is 16.9 Å². The minimum absolute atomic E-state index is 0. The second-order valence-electron chi connectivity index (χ2n) is 5.93. The van der Waals surface area contributed by atoms with Crippen LogP contribution in [-0.4, -0.2) is 32.7 Å². The second-order valence-corrected chi connectivity index (χ2v) is 5.93. The van der Waals surface area contributed by atoms with Crippen LogP contribution in [0, 0.1) is 0 Å². The fourth-order valence-corrected chi connectivity index (χ4v) is 2.68. The molecular weight excluding hydrogens is 352 g/mol. The van der Waals surface area contributed by atoms with Gasteiger partial charge in [-0.05, 0) is 31.7 Å². The molecule has 0 aliphatic carbocycles. The van der Waals surface area contributed by atoms with Crippen molar-refractivity contribution in [1.29, 1.82) is 0 Å². The normalized spacial score (nSPS) is 11.7. The molecule has 1 unspecified atom stereocenters. The number of carbonyl (C=O) groups is 1. The number of carbonyl (C=O) groups excluding carboxylic acids is 1. The van der Waals surface area contributed by atoms with Gasteiger partial charge in [0.1, 0.15) is 11.3 Å². The van der Waals surface area contributed by atoms with E-state index in [1.807, 2.05) is 56.4 Å². The third-order valence-corrected chi connectivity index (χ3v) is 4.23. The molecule has 1 heterocycles. The Labute approximate surface area is 159 Å². The van der Waals surface area contributed by atoms with E-state index in [-0.39, 0.29) is 24.4 Å². The lowest BCUT2D eigenvalue weighted by atomic mass is 10.0. The number of amides is 1. The Bertz CT molecular complexity index is 877. The summed E-state index contributed by atoms with van der Waals surface area (Å²) in [5, 5.41) is 6.91. The Hall–Kier alpha value is -2.50. The van der Waals surface area contributed by atoms with Crippen molar-refractivity contribution in [2.24, 2.45) is 0 Å². The predicted octanol–water partition coefficient (Wildman–Crippen LogP) is 3.87. The Morgan fingerprint density at radius 1 is 1.19 bits per heavy atom. The molecule has 0 saturated heterocycles. The number of likely N-dealkylation sites (N-methyl/N-ethyl adjacent to an activating group) is 1. The summed E-state index contributed by atoms with van der Waals surface area (Å²) in [6, 6.07) is 15.6. The zero-order valence-corrected chi connectivity index (χ0v) is 15.9. The predicted molar refractivity (Wildman–Crippen MR) is 106 cm³/mol. The highest BCUT2D eigenvalue weighted by atomic mass is 35.5. The third kappa shape index (κ3) is 4.00. The molecule has 0 fully saturated rings. The van der Waals surface area contributed by atoms with Crippen molar-refractivity contribution in [3.05, 3.63) is 54.3 Å². The van der Waals surface area contributed by atoms with Crippen LogP contribution < -0.4 is 15.4 Å². The van der Waals surface area contributed by atoms with E-state index in [9.17, 15) is 4.79 Å². The molecule has 1 atom stereocenters. The molecule has 0 bridgehead atoms.